The lowest BCUT2D eigenvalue weighted by molar-refractivity contribution is -0.116. The lowest BCUT2D eigenvalue weighted by atomic mass is 10.1. The van der Waals surface area contributed by atoms with E-state index in [1.54, 1.807) is 84.9 Å². The summed E-state index contributed by atoms with van der Waals surface area (Å²) in [5.41, 5.74) is 2.58. The van der Waals surface area contributed by atoms with Crippen molar-refractivity contribution >= 4 is 64.5 Å². The number of carboxylic acids is 1. The Hall–Kier alpha value is -5.64. The number of carbonyl (C=O) groups is 4. The summed E-state index contributed by atoms with van der Waals surface area (Å²) in [6, 6.07) is 37.6. The first-order valence-corrected chi connectivity index (χ1v) is 15.6. The molecule has 47 heavy (non-hydrogen) atoms. The van der Waals surface area contributed by atoms with Crippen molar-refractivity contribution in [3.63, 3.8) is 0 Å². The molecule has 5 aromatic rings. The molecule has 0 spiro atoms. The van der Waals surface area contributed by atoms with Crippen LogP contribution in [-0.4, -0.2) is 28.8 Å². The fraction of sp³-hybridized carbons (Fsp3) is 0.0270. The average molecular weight is 662 g/mol. The van der Waals surface area contributed by atoms with Crippen LogP contribution in [0, 0.1) is 0 Å². The van der Waals surface area contributed by atoms with Gasteiger partial charge in [-0.05, 0) is 77.9 Å². The third-order valence-electron chi connectivity index (χ3n) is 6.75. The monoisotopic (exact) mass is 661 g/mol. The smallest absolute Gasteiger partial charge is 0.335 e. The molecule has 1 atom stereocenters. The van der Waals surface area contributed by atoms with Gasteiger partial charge in [0.05, 0.1) is 5.56 Å². The molecule has 0 radical (unpaired) electrons. The van der Waals surface area contributed by atoms with E-state index in [2.05, 4.69) is 16.0 Å². The van der Waals surface area contributed by atoms with Gasteiger partial charge in [0.2, 0.25) is 5.91 Å². The number of carboxylic acid groups (broad SMARTS) is 1. The van der Waals surface area contributed by atoms with Crippen LogP contribution < -0.4 is 16.0 Å². The Morgan fingerprint density at radius 1 is 0.681 bits per heavy atom. The highest BCUT2D eigenvalue weighted by Crippen LogP contribution is 2.37. The number of carbonyl (C=O) groups excluding carboxylic acids is 3. The molecule has 0 aliphatic rings. The van der Waals surface area contributed by atoms with Crippen molar-refractivity contribution < 1.29 is 24.3 Å². The number of thioether (sulfide) groups is 1. The summed E-state index contributed by atoms with van der Waals surface area (Å²) >= 11 is 7.42. The number of anilines is 2. The van der Waals surface area contributed by atoms with Gasteiger partial charge in [0.15, 0.2) is 0 Å². The highest BCUT2D eigenvalue weighted by molar-refractivity contribution is 8.00. The summed E-state index contributed by atoms with van der Waals surface area (Å²) in [6.07, 6.45) is 1.54. The number of aromatic carboxylic acids is 1. The molecule has 3 amide bonds. The number of nitrogens with one attached hydrogen (secondary N) is 3. The van der Waals surface area contributed by atoms with Gasteiger partial charge >= 0.3 is 5.97 Å². The molecular formula is C37H28ClN3O5S. The third kappa shape index (κ3) is 9.20. The van der Waals surface area contributed by atoms with Gasteiger partial charge in [-0.2, -0.15) is 0 Å². The summed E-state index contributed by atoms with van der Waals surface area (Å²) in [4.78, 5) is 52.2. The zero-order chi connectivity index (χ0) is 33.2. The molecule has 0 saturated heterocycles. The molecular weight excluding hydrogens is 634 g/mol. The summed E-state index contributed by atoms with van der Waals surface area (Å²) in [7, 11) is 0. The molecule has 10 heteroatoms. The number of amides is 3. The number of hydrogen-bond acceptors (Lipinski definition) is 5. The van der Waals surface area contributed by atoms with Crippen molar-refractivity contribution in [3.8, 4) is 0 Å². The van der Waals surface area contributed by atoms with Gasteiger partial charge < -0.3 is 21.1 Å². The number of halogens is 1. The van der Waals surface area contributed by atoms with Crippen LogP contribution in [0.15, 0.2) is 144 Å². The van der Waals surface area contributed by atoms with Gasteiger partial charge in [-0.15, -0.1) is 11.8 Å². The molecule has 0 aliphatic carbocycles. The highest BCUT2D eigenvalue weighted by atomic mass is 35.5. The van der Waals surface area contributed by atoms with E-state index in [0.717, 1.165) is 5.56 Å². The SMILES string of the molecule is O=C(Nc1cccc(SC(C(=O)Nc2cccc(C(=O)O)c2)c2ccccc2)c1)/C(=C/c1cccc(Cl)c1)NC(=O)c1ccccc1. The highest BCUT2D eigenvalue weighted by Gasteiger charge is 2.23. The van der Waals surface area contributed by atoms with Crippen molar-refractivity contribution in [1.82, 2.24) is 5.32 Å². The summed E-state index contributed by atoms with van der Waals surface area (Å²) in [5.74, 6) is -2.47. The summed E-state index contributed by atoms with van der Waals surface area (Å²) in [5, 5.41) is 17.5. The van der Waals surface area contributed by atoms with E-state index < -0.39 is 23.0 Å². The molecule has 0 heterocycles. The summed E-state index contributed by atoms with van der Waals surface area (Å²) < 4.78 is 0. The van der Waals surface area contributed by atoms with E-state index in [9.17, 15) is 24.3 Å². The Kier molecular flexibility index (Phi) is 10.9. The molecule has 0 fully saturated rings. The molecule has 0 aliphatic heterocycles. The minimum absolute atomic E-state index is 0.00399. The van der Waals surface area contributed by atoms with Gasteiger partial charge in [-0.25, -0.2) is 4.79 Å². The Morgan fingerprint density at radius 2 is 1.32 bits per heavy atom. The van der Waals surface area contributed by atoms with E-state index in [1.165, 1.54) is 30.0 Å². The Bertz CT molecular complexity index is 1950. The largest absolute Gasteiger partial charge is 0.478 e. The van der Waals surface area contributed by atoms with Crippen molar-refractivity contribution in [2.45, 2.75) is 10.1 Å². The molecule has 5 aromatic carbocycles. The quantitative estimate of drug-likeness (QED) is 0.0842. The van der Waals surface area contributed by atoms with Gasteiger partial charge in [-0.1, -0.05) is 84.4 Å². The zero-order valence-corrected chi connectivity index (χ0v) is 26.3. The zero-order valence-electron chi connectivity index (χ0n) is 24.7. The van der Waals surface area contributed by atoms with Crippen LogP contribution in [0.25, 0.3) is 6.08 Å². The molecule has 0 saturated carbocycles. The second-order valence-corrected chi connectivity index (χ2v) is 11.8. The van der Waals surface area contributed by atoms with E-state index in [4.69, 9.17) is 11.6 Å². The number of hydrogen-bond donors (Lipinski definition) is 4. The molecule has 234 valence electrons. The Morgan fingerprint density at radius 3 is 2.02 bits per heavy atom. The van der Waals surface area contributed by atoms with Gasteiger partial charge in [0.1, 0.15) is 10.9 Å². The van der Waals surface area contributed by atoms with Gasteiger partial charge in [-0.3, -0.25) is 14.4 Å². The molecule has 8 nitrogen and oxygen atoms in total. The van der Waals surface area contributed by atoms with E-state index in [0.29, 0.717) is 32.4 Å². The molecule has 4 N–H and O–H groups in total. The predicted octanol–water partition coefficient (Wildman–Crippen LogP) is 7.92. The maximum atomic E-state index is 13.6. The lowest BCUT2D eigenvalue weighted by Crippen LogP contribution is -2.30. The molecule has 0 bridgehead atoms. The van der Waals surface area contributed by atoms with E-state index in [1.807, 2.05) is 36.4 Å². The molecule has 1 unspecified atom stereocenters. The van der Waals surface area contributed by atoms with Crippen LogP contribution in [0.2, 0.25) is 5.02 Å². The first-order valence-electron chi connectivity index (χ1n) is 14.4. The van der Waals surface area contributed by atoms with Crippen LogP contribution in [-0.2, 0) is 9.59 Å². The van der Waals surface area contributed by atoms with Crippen LogP contribution in [0.1, 0.15) is 37.1 Å². The normalized spacial score (nSPS) is 11.6. The maximum Gasteiger partial charge on any atom is 0.335 e. The van der Waals surface area contributed by atoms with Crippen LogP contribution in [0.4, 0.5) is 11.4 Å². The maximum absolute atomic E-state index is 13.6. The average Bonchev–Trinajstić information content (AvgIpc) is 3.08. The van der Waals surface area contributed by atoms with Gasteiger partial charge in [0, 0.05) is 26.9 Å². The minimum atomic E-state index is -1.10. The first-order chi connectivity index (χ1) is 22.7. The van der Waals surface area contributed by atoms with Crippen molar-refractivity contribution in [3.05, 3.63) is 166 Å². The Labute approximate surface area is 280 Å². The first kappa shape index (κ1) is 32.7. The van der Waals surface area contributed by atoms with E-state index >= 15 is 0 Å². The van der Waals surface area contributed by atoms with Crippen LogP contribution in [0.5, 0.6) is 0 Å². The minimum Gasteiger partial charge on any atom is -0.478 e. The number of benzene rings is 5. The molecule has 5 rings (SSSR count). The predicted molar refractivity (Wildman–Crippen MR) is 185 cm³/mol. The van der Waals surface area contributed by atoms with Crippen molar-refractivity contribution in [2.75, 3.05) is 10.6 Å². The standard InChI is InChI=1S/C37H28ClN3O5S/c38-28-16-7-10-24(20-28)21-32(41-34(42)26-13-5-2-6-14-26)35(43)39-30-18-9-19-31(23-30)47-33(25-11-3-1-4-12-25)36(44)40-29-17-8-15-27(22-29)37(45)46/h1-23,33H,(H,39,43)(H,40,44)(H,41,42)(H,45,46)/b32-21-. The van der Waals surface area contributed by atoms with Crippen LogP contribution >= 0.6 is 23.4 Å². The second kappa shape index (κ2) is 15.6. The summed E-state index contributed by atoms with van der Waals surface area (Å²) in [6.45, 7) is 0. The van der Waals surface area contributed by atoms with Crippen molar-refractivity contribution in [2.24, 2.45) is 0 Å². The fourth-order valence-electron chi connectivity index (χ4n) is 4.53. The van der Waals surface area contributed by atoms with Gasteiger partial charge in [0.25, 0.3) is 11.8 Å². The van der Waals surface area contributed by atoms with Crippen LogP contribution in [0.3, 0.4) is 0 Å². The number of rotatable bonds is 11. The van der Waals surface area contributed by atoms with Crippen molar-refractivity contribution in [1.29, 1.82) is 0 Å². The van der Waals surface area contributed by atoms with E-state index in [-0.39, 0.29) is 17.2 Å². The second-order valence-electron chi connectivity index (χ2n) is 10.2. The fourth-order valence-corrected chi connectivity index (χ4v) is 5.81. The molecule has 0 aromatic heterocycles. The lowest BCUT2D eigenvalue weighted by Gasteiger charge is -2.18. The topological polar surface area (TPSA) is 125 Å². The Balaban J connectivity index is 1.38. The third-order valence-corrected chi connectivity index (χ3v) is 8.23.